The summed E-state index contributed by atoms with van der Waals surface area (Å²) in [7, 11) is 3.33. The van der Waals surface area contributed by atoms with Gasteiger partial charge in [0.2, 0.25) is 0 Å². The molecule has 0 amide bonds. The molecule has 4 aromatic rings. The van der Waals surface area contributed by atoms with Crippen LogP contribution in [0.15, 0.2) is 55.1 Å². The van der Waals surface area contributed by atoms with Gasteiger partial charge in [-0.25, -0.2) is 9.97 Å². The molecule has 0 spiro atoms. The van der Waals surface area contributed by atoms with E-state index < -0.39 is 12.6 Å². The van der Waals surface area contributed by atoms with Gasteiger partial charge in [-0.2, -0.15) is 13.2 Å². The van der Waals surface area contributed by atoms with Crippen LogP contribution in [0.2, 0.25) is 0 Å². The number of aromatic nitrogens is 3. The van der Waals surface area contributed by atoms with Crippen molar-refractivity contribution in [1.29, 1.82) is 0 Å². The van der Waals surface area contributed by atoms with Crippen LogP contribution in [0.5, 0.6) is 5.75 Å². The van der Waals surface area contributed by atoms with E-state index in [0.29, 0.717) is 22.6 Å². The summed E-state index contributed by atoms with van der Waals surface area (Å²) in [6.45, 7) is 0.702. The Balaban J connectivity index is 0.00000370. The fraction of sp³-hybridized carbons (Fsp3) is 0.393. The highest BCUT2D eigenvalue weighted by atomic mass is 35.5. The largest absolute Gasteiger partial charge is 0.495 e. The minimum atomic E-state index is -4.26. The van der Waals surface area contributed by atoms with Gasteiger partial charge in [0.05, 0.1) is 31.2 Å². The minimum Gasteiger partial charge on any atom is -0.495 e. The molecule has 1 aliphatic rings. The summed E-state index contributed by atoms with van der Waals surface area (Å²) in [5.41, 5.74) is 3.22. The first-order chi connectivity index (χ1) is 18.8. The molecule has 0 bridgehead atoms. The van der Waals surface area contributed by atoms with Gasteiger partial charge in [0.1, 0.15) is 22.7 Å². The quantitative estimate of drug-likeness (QED) is 0.232. The van der Waals surface area contributed by atoms with E-state index in [-0.39, 0.29) is 35.5 Å². The Morgan fingerprint density at radius 2 is 1.75 bits per heavy atom. The number of fused-ring (bicyclic) bond motifs is 1. The highest BCUT2D eigenvalue weighted by Crippen LogP contribution is 2.34. The first-order valence-corrected chi connectivity index (χ1v) is 13.5. The number of hydrogen-bond acceptors (Lipinski definition) is 8. The highest BCUT2D eigenvalue weighted by molar-refractivity contribution is 7.18. The van der Waals surface area contributed by atoms with Gasteiger partial charge in [-0.1, -0.05) is 24.3 Å². The molecular formula is C28H31ClF3N5O2S. The zero-order valence-electron chi connectivity index (χ0n) is 22.1. The van der Waals surface area contributed by atoms with Gasteiger partial charge >= 0.3 is 6.18 Å². The molecule has 3 aromatic heterocycles. The average molecular weight is 594 g/mol. The number of nitrogens with zero attached hydrogens (tertiary/aromatic N) is 3. The molecule has 40 heavy (non-hydrogen) atoms. The Morgan fingerprint density at radius 1 is 0.975 bits per heavy atom. The van der Waals surface area contributed by atoms with Crippen LogP contribution < -0.4 is 15.4 Å². The summed E-state index contributed by atoms with van der Waals surface area (Å²) in [6, 6.07) is 12.1. The Morgan fingerprint density at radius 3 is 2.48 bits per heavy atom. The summed E-state index contributed by atoms with van der Waals surface area (Å²) in [4.78, 5) is 13.5. The van der Waals surface area contributed by atoms with Crippen LogP contribution in [0, 0.1) is 0 Å². The van der Waals surface area contributed by atoms with Crippen LogP contribution in [0.4, 0.5) is 19.0 Å². The van der Waals surface area contributed by atoms with Crippen molar-refractivity contribution < 1.29 is 22.6 Å². The molecule has 214 valence electrons. The number of alkyl halides is 3. The maximum Gasteiger partial charge on any atom is 0.393 e. The van der Waals surface area contributed by atoms with Gasteiger partial charge in [-0.05, 0) is 42.5 Å². The van der Waals surface area contributed by atoms with Gasteiger partial charge in [0, 0.05) is 42.4 Å². The smallest absolute Gasteiger partial charge is 0.393 e. The van der Waals surface area contributed by atoms with E-state index in [4.69, 9.17) is 9.47 Å². The summed E-state index contributed by atoms with van der Waals surface area (Å²) in [6.07, 6.45) is 2.20. The number of rotatable bonds is 9. The molecular weight excluding hydrogens is 563 g/mol. The number of nitrogens with one attached hydrogen (secondary N) is 2. The lowest BCUT2D eigenvalue weighted by molar-refractivity contribution is -0.126. The lowest BCUT2D eigenvalue weighted by Crippen LogP contribution is -2.44. The average Bonchev–Trinajstić information content (AvgIpc) is 3.34. The standard InChI is InChI=1S/C28H30F3N5O2S.ClH/c1-37-22-9-20(33-13-17-3-5-18(6-4-17)19-7-23(38-2)15-32-14-19)8-21(10-22)36-26-25-11-24(12-28(29,30)31)39-27(25)35-16-34-26;/h3-7,11,14-16,20-22,33H,8-10,12-13H2,1-2H3,(H,34,35,36);1H/t20-,21+,22-;/m1./s1. The topological polar surface area (TPSA) is 81.2 Å². The molecule has 1 fully saturated rings. The number of thiophene rings is 1. The number of hydrogen-bond donors (Lipinski definition) is 2. The van der Waals surface area contributed by atoms with Crippen molar-refractivity contribution in [1.82, 2.24) is 20.3 Å². The molecule has 0 aliphatic heterocycles. The van der Waals surface area contributed by atoms with Gasteiger partial charge < -0.3 is 20.1 Å². The SMILES string of the molecule is COc1cncc(-c2ccc(CN[C@@H]3C[C@H](Nc4ncnc5sc(CC(F)(F)F)cc45)C[C@H](OC)C3)cc2)c1.Cl. The molecule has 1 aromatic carbocycles. The third kappa shape index (κ3) is 7.60. The lowest BCUT2D eigenvalue weighted by atomic mass is 9.88. The Hall–Kier alpha value is -2.99. The maximum atomic E-state index is 12.9. The second kappa shape index (κ2) is 13.1. The Kier molecular flexibility index (Phi) is 9.83. The molecule has 1 aliphatic carbocycles. The van der Waals surface area contributed by atoms with Crippen molar-refractivity contribution in [3.63, 3.8) is 0 Å². The van der Waals surface area contributed by atoms with Crippen molar-refractivity contribution >= 4 is 39.8 Å². The fourth-order valence-corrected chi connectivity index (χ4v) is 6.03. The van der Waals surface area contributed by atoms with Crippen molar-refractivity contribution in [2.45, 2.75) is 56.6 Å². The highest BCUT2D eigenvalue weighted by Gasteiger charge is 2.31. The lowest BCUT2D eigenvalue weighted by Gasteiger charge is -2.35. The third-order valence-electron chi connectivity index (χ3n) is 6.92. The number of pyridine rings is 1. The zero-order valence-corrected chi connectivity index (χ0v) is 23.7. The molecule has 0 saturated heterocycles. The van der Waals surface area contributed by atoms with Crippen LogP contribution in [0.1, 0.15) is 29.7 Å². The molecule has 2 N–H and O–H groups in total. The molecule has 12 heteroatoms. The predicted molar refractivity (Wildman–Crippen MR) is 153 cm³/mol. The van der Waals surface area contributed by atoms with Crippen LogP contribution in [0.25, 0.3) is 21.3 Å². The van der Waals surface area contributed by atoms with Crippen molar-refractivity contribution in [2.75, 3.05) is 19.5 Å². The van der Waals surface area contributed by atoms with Crippen molar-refractivity contribution in [3.8, 4) is 16.9 Å². The molecule has 3 heterocycles. The summed E-state index contributed by atoms with van der Waals surface area (Å²) >= 11 is 1.06. The first-order valence-electron chi connectivity index (χ1n) is 12.7. The zero-order chi connectivity index (χ0) is 27.4. The number of halogens is 4. The van der Waals surface area contributed by atoms with Gasteiger partial charge in [0.25, 0.3) is 0 Å². The van der Waals surface area contributed by atoms with E-state index in [0.717, 1.165) is 53.0 Å². The van der Waals surface area contributed by atoms with Crippen LogP contribution >= 0.6 is 23.7 Å². The van der Waals surface area contributed by atoms with E-state index in [1.54, 1.807) is 26.5 Å². The van der Waals surface area contributed by atoms with E-state index in [2.05, 4.69) is 49.9 Å². The van der Waals surface area contributed by atoms with Crippen LogP contribution in [-0.2, 0) is 17.7 Å². The molecule has 5 rings (SSSR count). The molecule has 0 radical (unpaired) electrons. The molecule has 7 nitrogen and oxygen atoms in total. The van der Waals surface area contributed by atoms with E-state index >= 15 is 0 Å². The van der Waals surface area contributed by atoms with Crippen LogP contribution in [0.3, 0.4) is 0 Å². The van der Waals surface area contributed by atoms with Gasteiger partial charge in [-0.15, -0.1) is 23.7 Å². The number of anilines is 1. The Bertz CT molecular complexity index is 1400. The summed E-state index contributed by atoms with van der Waals surface area (Å²) < 4.78 is 49.7. The van der Waals surface area contributed by atoms with E-state index in [9.17, 15) is 13.2 Å². The van der Waals surface area contributed by atoms with Gasteiger partial charge in [-0.3, -0.25) is 4.98 Å². The monoisotopic (exact) mass is 593 g/mol. The normalized spacial score (nSPS) is 19.3. The second-order valence-electron chi connectivity index (χ2n) is 9.74. The minimum absolute atomic E-state index is 0. The second-order valence-corrected chi connectivity index (χ2v) is 10.9. The Labute approximate surface area is 241 Å². The molecule has 0 unspecified atom stereocenters. The predicted octanol–water partition coefficient (Wildman–Crippen LogP) is 6.43. The van der Waals surface area contributed by atoms with Crippen LogP contribution in [-0.4, -0.2) is 53.5 Å². The van der Waals surface area contributed by atoms with Gasteiger partial charge in [0.15, 0.2) is 0 Å². The first kappa shape index (κ1) is 30.0. The van der Waals surface area contributed by atoms with Crippen molar-refractivity contribution in [3.05, 3.63) is 65.6 Å². The van der Waals surface area contributed by atoms with E-state index in [1.165, 1.54) is 6.33 Å². The number of methoxy groups -OCH3 is 2. The fourth-order valence-electron chi connectivity index (χ4n) is 5.01. The molecule has 3 atom stereocenters. The third-order valence-corrected chi connectivity index (χ3v) is 7.97. The van der Waals surface area contributed by atoms with Crippen molar-refractivity contribution in [2.24, 2.45) is 0 Å². The van der Waals surface area contributed by atoms with E-state index in [1.807, 2.05) is 12.3 Å². The number of benzene rings is 1. The maximum absolute atomic E-state index is 12.9. The summed E-state index contributed by atoms with van der Waals surface area (Å²) in [5.74, 6) is 1.28. The number of ether oxygens (including phenoxy) is 2. The summed E-state index contributed by atoms with van der Waals surface area (Å²) in [5, 5.41) is 7.74. The molecule has 1 saturated carbocycles.